The average molecular weight is 204 g/mol. The fourth-order valence-electron chi connectivity index (χ4n) is 0.634. The first-order chi connectivity index (χ1) is 6.02. The lowest BCUT2D eigenvalue weighted by Crippen LogP contribution is -2.33. The first-order valence-electron chi connectivity index (χ1n) is 3.29. The quantitative estimate of drug-likeness (QED) is 0.534. The second-order valence-electron chi connectivity index (χ2n) is 2.21. The molecule has 4 N–H and O–H groups in total. The Morgan fingerprint density at radius 1 is 1.69 bits per heavy atom. The molecule has 1 amide bonds. The van der Waals surface area contributed by atoms with Crippen LogP contribution in [-0.4, -0.2) is 30.8 Å². The number of hydrogen-bond donors (Lipinski definition) is 3. The van der Waals surface area contributed by atoms with Gasteiger partial charge < -0.3 is 10.7 Å². The fourth-order valence-corrected chi connectivity index (χ4v) is 1.53. The van der Waals surface area contributed by atoms with E-state index in [1.54, 1.807) is 0 Å². The van der Waals surface area contributed by atoms with Crippen molar-refractivity contribution in [1.29, 1.82) is 0 Å². The highest BCUT2D eigenvalue weighted by Crippen LogP contribution is 2.00. The molecule has 0 aliphatic rings. The molecule has 0 aliphatic carbocycles. The molecule has 1 rings (SSSR count). The molecule has 0 fully saturated rings. The third-order valence-corrected chi connectivity index (χ3v) is 2.53. The molecule has 72 valence electrons. The summed E-state index contributed by atoms with van der Waals surface area (Å²) >= 11 is 0. The van der Waals surface area contributed by atoms with Crippen molar-refractivity contribution in [3.05, 3.63) is 12.5 Å². The SMILES string of the molecule is NC(=O)CNS(=O)(=O)c1cnc[nH]1. The fraction of sp³-hybridized carbons (Fsp3) is 0.200. The largest absolute Gasteiger partial charge is 0.369 e. The number of rotatable bonds is 4. The van der Waals surface area contributed by atoms with Crippen LogP contribution < -0.4 is 10.5 Å². The predicted molar refractivity (Wildman–Crippen MR) is 43.0 cm³/mol. The van der Waals surface area contributed by atoms with Gasteiger partial charge in [0.05, 0.1) is 19.1 Å². The molecule has 0 saturated carbocycles. The van der Waals surface area contributed by atoms with E-state index in [9.17, 15) is 13.2 Å². The van der Waals surface area contributed by atoms with E-state index in [1.165, 1.54) is 6.33 Å². The van der Waals surface area contributed by atoms with Crippen LogP contribution in [0.3, 0.4) is 0 Å². The normalized spacial score (nSPS) is 11.4. The summed E-state index contributed by atoms with van der Waals surface area (Å²) in [4.78, 5) is 16.2. The number of carbonyl (C=O) groups is 1. The van der Waals surface area contributed by atoms with E-state index < -0.39 is 22.5 Å². The van der Waals surface area contributed by atoms with Crippen LogP contribution in [0.25, 0.3) is 0 Å². The Labute approximate surface area is 74.4 Å². The van der Waals surface area contributed by atoms with Gasteiger partial charge in [0.1, 0.15) is 0 Å². The Morgan fingerprint density at radius 3 is 2.85 bits per heavy atom. The summed E-state index contributed by atoms with van der Waals surface area (Å²) in [5.74, 6) is -0.747. The van der Waals surface area contributed by atoms with Gasteiger partial charge in [-0.15, -0.1) is 0 Å². The zero-order valence-corrected chi connectivity index (χ0v) is 7.34. The van der Waals surface area contributed by atoms with E-state index in [1.807, 2.05) is 4.72 Å². The second kappa shape index (κ2) is 3.54. The van der Waals surface area contributed by atoms with Crippen molar-refractivity contribution in [2.45, 2.75) is 5.03 Å². The number of carbonyl (C=O) groups excluding carboxylic acids is 1. The van der Waals surface area contributed by atoms with Crippen LogP contribution in [0, 0.1) is 0 Å². The standard InChI is InChI=1S/C5H8N4O3S/c6-4(10)1-9-13(11,12)5-2-7-3-8-5/h2-3,9H,1H2,(H2,6,10)(H,7,8). The minimum atomic E-state index is -3.68. The van der Waals surface area contributed by atoms with Crippen LogP contribution >= 0.6 is 0 Å². The number of nitrogens with two attached hydrogens (primary N) is 1. The van der Waals surface area contributed by atoms with E-state index in [0.717, 1.165) is 6.20 Å². The summed E-state index contributed by atoms with van der Waals surface area (Å²) in [6.07, 6.45) is 2.35. The molecule has 7 nitrogen and oxygen atoms in total. The topological polar surface area (TPSA) is 118 Å². The molecular weight excluding hydrogens is 196 g/mol. The maximum atomic E-state index is 11.2. The number of nitrogens with one attached hydrogen (secondary N) is 2. The third-order valence-electron chi connectivity index (χ3n) is 1.20. The lowest BCUT2D eigenvalue weighted by Gasteiger charge is -2.00. The number of amides is 1. The van der Waals surface area contributed by atoms with E-state index >= 15 is 0 Å². The zero-order chi connectivity index (χ0) is 9.90. The van der Waals surface area contributed by atoms with Crippen molar-refractivity contribution in [2.24, 2.45) is 5.73 Å². The van der Waals surface area contributed by atoms with Crippen LogP contribution in [0.4, 0.5) is 0 Å². The van der Waals surface area contributed by atoms with Crippen molar-refractivity contribution >= 4 is 15.9 Å². The van der Waals surface area contributed by atoms with Crippen LogP contribution in [0.5, 0.6) is 0 Å². The number of nitrogens with zero attached hydrogens (tertiary/aromatic N) is 1. The summed E-state index contributed by atoms with van der Waals surface area (Å²) < 4.78 is 24.4. The lowest BCUT2D eigenvalue weighted by atomic mass is 10.7. The molecule has 0 spiro atoms. The van der Waals surface area contributed by atoms with E-state index in [0.29, 0.717) is 0 Å². The minimum Gasteiger partial charge on any atom is -0.369 e. The average Bonchev–Trinajstić information content (AvgIpc) is 2.53. The van der Waals surface area contributed by atoms with Gasteiger partial charge in [-0.3, -0.25) is 4.79 Å². The van der Waals surface area contributed by atoms with Crippen molar-refractivity contribution in [3.63, 3.8) is 0 Å². The molecule has 0 radical (unpaired) electrons. The number of aromatic nitrogens is 2. The summed E-state index contributed by atoms with van der Waals surface area (Å²) in [7, 11) is -3.68. The van der Waals surface area contributed by atoms with Gasteiger partial charge in [-0.05, 0) is 0 Å². The molecule has 0 aliphatic heterocycles. The number of sulfonamides is 1. The summed E-state index contributed by atoms with van der Waals surface area (Å²) in [6, 6.07) is 0. The Hall–Kier alpha value is -1.41. The highest BCUT2D eigenvalue weighted by molar-refractivity contribution is 7.89. The smallest absolute Gasteiger partial charge is 0.258 e. The summed E-state index contributed by atoms with van der Waals surface area (Å²) in [6.45, 7) is -0.429. The molecule has 1 heterocycles. The van der Waals surface area contributed by atoms with E-state index in [2.05, 4.69) is 9.97 Å². The van der Waals surface area contributed by atoms with Crippen LogP contribution in [0.1, 0.15) is 0 Å². The van der Waals surface area contributed by atoms with E-state index in [4.69, 9.17) is 5.73 Å². The zero-order valence-electron chi connectivity index (χ0n) is 6.52. The number of imidazole rings is 1. The number of H-pyrrole nitrogens is 1. The first-order valence-corrected chi connectivity index (χ1v) is 4.77. The molecule has 1 aromatic heterocycles. The highest BCUT2D eigenvalue weighted by atomic mass is 32.2. The Bertz CT molecular complexity index is 382. The maximum Gasteiger partial charge on any atom is 0.258 e. The Morgan fingerprint density at radius 2 is 2.38 bits per heavy atom. The molecule has 0 bridgehead atoms. The van der Waals surface area contributed by atoms with Crippen LogP contribution in [0.15, 0.2) is 17.6 Å². The van der Waals surface area contributed by atoms with Gasteiger partial charge in [0.15, 0.2) is 5.03 Å². The van der Waals surface area contributed by atoms with Crippen molar-refractivity contribution < 1.29 is 13.2 Å². The highest BCUT2D eigenvalue weighted by Gasteiger charge is 2.15. The van der Waals surface area contributed by atoms with Crippen molar-refractivity contribution in [3.8, 4) is 0 Å². The molecule has 0 unspecified atom stereocenters. The Balaban J connectivity index is 2.74. The van der Waals surface area contributed by atoms with Gasteiger partial charge in [0, 0.05) is 0 Å². The maximum absolute atomic E-state index is 11.2. The second-order valence-corrected chi connectivity index (χ2v) is 3.94. The van der Waals surface area contributed by atoms with Gasteiger partial charge >= 0.3 is 0 Å². The van der Waals surface area contributed by atoms with Crippen LogP contribution in [-0.2, 0) is 14.8 Å². The van der Waals surface area contributed by atoms with Crippen LogP contribution in [0.2, 0.25) is 0 Å². The van der Waals surface area contributed by atoms with Gasteiger partial charge in [-0.25, -0.2) is 18.1 Å². The Kier molecular flexibility index (Phi) is 2.63. The molecule has 0 saturated heterocycles. The molecular formula is C5H8N4O3S. The van der Waals surface area contributed by atoms with Crippen molar-refractivity contribution in [1.82, 2.24) is 14.7 Å². The van der Waals surface area contributed by atoms with Gasteiger partial charge in [-0.2, -0.15) is 0 Å². The minimum absolute atomic E-state index is 0.103. The third kappa shape index (κ3) is 2.53. The molecule has 0 aromatic carbocycles. The van der Waals surface area contributed by atoms with Gasteiger partial charge in [0.25, 0.3) is 10.0 Å². The molecule has 8 heteroatoms. The number of primary amides is 1. The number of hydrogen-bond acceptors (Lipinski definition) is 4. The summed E-state index contributed by atoms with van der Waals surface area (Å²) in [5, 5.41) is -0.103. The monoisotopic (exact) mass is 204 g/mol. The molecule has 1 aromatic rings. The molecule has 13 heavy (non-hydrogen) atoms. The number of aromatic amines is 1. The predicted octanol–water partition coefficient (Wildman–Crippen LogP) is -1.83. The first kappa shape index (κ1) is 9.68. The van der Waals surface area contributed by atoms with Crippen molar-refractivity contribution in [2.75, 3.05) is 6.54 Å². The lowest BCUT2D eigenvalue weighted by molar-refractivity contribution is -0.116. The van der Waals surface area contributed by atoms with Gasteiger partial charge in [0.2, 0.25) is 5.91 Å². The summed E-state index contributed by atoms with van der Waals surface area (Å²) in [5.41, 5.74) is 4.76. The molecule has 0 atom stereocenters. The van der Waals surface area contributed by atoms with E-state index in [-0.39, 0.29) is 5.03 Å². The van der Waals surface area contributed by atoms with Gasteiger partial charge in [-0.1, -0.05) is 0 Å².